The molecule has 7 nitrogen and oxygen atoms in total. The number of amides is 1. The van der Waals surface area contributed by atoms with Gasteiger partial charge in [0, 0.05) is 18.0 Å². The lowest BCUT2D eigenvalue weighted by atomic mass is 9.92. The van der Waals surface area contributed by atoms with E-state index in [0.717, 1.165) is 27.7 Å². The van der Waals surface area contributed by atoms with Gasteiger partial charge in [-0.1, -0.05) is 83.1 Å². The van der Waals surface area contributed by atoms with Crippen molar-refractivity contribution in [3.05, 3.63) is 84.1 Å². The summed E-state index contributed by atoms with van der Waals surface area (Å²) < 4.78 is 30.6. The molecule has 0 spiro atoms. The minimum Gasteiger partial charge on any atom is -0.309 e. The number of carbonyl (C=O) groups is 1. The van der Waals surface area contributed by atoms with E-state index in [4.69, 9.17) is 5.10 Å². The highest BCUT2D eigenvalue weighted by molar-refractivity contribution is 7.89. The van der Waals surface area contributed by atoms with Crippen LogP contribution in [0.4, 0.5) is 5.82 Å². The van der Waals surface area contributed by atoms with Crippen LogP contribution < -0.4 is 5.32 Å². The van der Waals surface area contributed by atoms with Crippen molar-refractivity contribution in [3.8, 4) is 5.69 Å². The van der Waals surface area contributed by atoms with Crippen LogP contribution in [0.25, 0.3) is 16.5 Å². The summed E-state index contributed by atoms with van der Waals surface area (Å²) in [6, 6.07) is 22.4. The van der Waals surface area contributed by atoms with Crippen LogP contribution >= 0.6 is 0 Å². The SMILES string of the molecule is Cc1ccccc1-n1nc(C(C)(C)C)cc1NC(=O)CN(CCC(C)C)S(=O)(=O)c1ccc2ccccc2c1. The Hall–Kier alpha value is -3.49. The molecule has 4 rings (SSSR count). The first-order valence-corrected chi connectivity index (χ1v) is 14.8. The van der Waals surface area contributed by atoms with Gasteiger partial charge in [-0.05, 0) is 53.8 Å². The largest absolute Gasteiger partial charge is 0.309 e. The number of aromatic nitrogens is 2. The first kappa shape index (κ1) is 28.5. The second-order valence-corrected chi connectivity index (χ2v) is 13.4. The zero-order valence-electron chi connectivity index (χ0n) is 23.6. The molecule has 1 amide bonds. The summed E-state index contributed by atoms with van der Waals surface area (Å²) in [6.45, 7) is 12.2. The maximum absolute atomic E-state index is 13.8. The molecular formula is C31H38N4O3S. The molecular weight excluding hydrogens is 508 g/mol. The van der Waals surface area contributed by atoms with E-state index in [2.05, 4.69) is 26.1 Å². The van der Waals surface area contributed by atoms with Gasteiger partial charge < -0.3 is 5.32 Å². The van der Waals surface area contributed by atoms with Crippen molar-refractivity contribution in [2.45, 2.75) is 58.3 Å². The zero-order valence-corrected chi connectivity index (χ0v) is 24.4. The number of sulfonamides is 1. The van der Waals surface area contributed by atoms with E-state index in [1.807, 2.05) is 75.4 Å². The third kappa shape index (κ3) is 6.57. The number of fused-ring (bicyclic) bond motifs is 1. The second-order valence-electron chi connectivity index (χ2n) is 11.4. The highest BCUT2D eigenvalue weighted by atomic mass is 32.2. The summed E-state index contributed by atoms with van der Waals surface area (Å²) in [5, 5.41) is 9.55. The lowest BCUT2D eigenvalue weighted by Gasteiger charge is -2.23. The molecule has 0 radical (unpaired) electrons. The molecule has 0 atom stereocenters. The lowest BCUT2D eigenvalue weighted by Crippen LogP contribution is -2.39. The smallest absolute Gasteiger partial charge is 0.243 e. The average molecular weight is 547 g/mol. The number of aryl methyl sites for hydroxylation is 1. The highest BCUT2D eigenvalue weighted by Crippen LogP contribution is 2.28. The Kier molecular flexibility index (Phi) is 8.28. The van der Waals surface area contributed by atoms with E-state index < -0.39 is 15.9 Å². The van der Waals surface area contributed by atoms with Crippen molar-refractivity contribution in [1.82, 2.24) is 14.1 Å². The zero-order chi connectivity index (χ0) is 28.4. The van der Waals surface area contributed by atoms with Gasteiger partial charge >= 0.3 is 0 Å². The fourth-order valence-electron chi connectivity index (χ4n) is 4.33. The van der Waals surface area contributed by atoms with Crippen LogP contribution in [-0.2, 0) is 20.2 Å². The van der Waals surface area contributed by atoms with Crippen LogP contribution in [0.2, 0.25) is 0 Å². The summed E-state index contributed by atoms with van der Waals surface area (Å²) in [4.78, 5) is 13.6. The Morgan fingerprint density at radius 2 is 1.64 bits per heavy atom. The van der Waals surface area contributed by atoms with Crippen molar-refractivity contribution < 1.29 is 13.2 Å². The van der Waals surface area contributed by atoms with E-state index in [-0.39, 0.29) is 29.3 Å². The van der Waals surface area contributed by atoms with Gasteiger partial charge in [0.25, 0.3) is 0 Å². The Bertz CT molecular complexity index is 1580. The molecule has 206 valence electrons. The van der Waals surface area contributed by atoms with Crippen LogP contribution in [-0.4, -0.2) is 41.5 Å². The second kappa shape index (κ2) is 11.3. The number of anilines is 1. The number of rotatable bonds is 9. The van der Waals surface area contributed by atoms with Crippen LogP contribution in [0, 0.1) is 12.8 Å². The molecule has 0 saturated heterocycles. The van der Waals surface area contributed by atoms with Gasteiger partial charge in [0.05, 0.1) is 22.8 Å². The number of hydrogen-bond acceptors (Lipinski definition) is 4. The number of nitrogens with zero attached hydrogens (tertiary/aromatic N) is 3. The number of hydrogen-bond donors (Lipinski definition) is 1. The molecule has 3 aromatic carbocycles. The third-order valence-corrected chi connectivity index (χ3v) is 8.56. The minimum atomic E-state index is -3.91. The van der Waals surface area contributed by atoms with Gasteiger partial charge in [0.2, 0.25) is 15.9 Å². The number of nitrogens with one attached hydrogen (secondary N) is 1. The molecule has 1 N–H and O–H groups in total. The summed E-state index contributed by atoms with van der Waals surface area (Å²) in [6.07, 6.45) is 0.634. The molecule has 0 aliphatic rings. The van der Waals surface area contributed by atoms with Crippen molar-refractivity contribution in [2.75, 3.05) is 18.4 Å². The van der Waals surface area contributed by atoms with Crippen LogP contribution in [0.15, 0.2) is 77.7 Å². The van der Waals surface area contributed by atoms with E-state index in [1.54, 1.807) is 22.9 Å². The molecule has 0 unspecified atom stereocenters. The van der Waals surface area contributed by atoms with Crippen molar-refractivity contribution in [3.63, 3.8) is 0 Å². The normalized spacial score (nSPS) is 12.4. The minimum absolute atomic E-state index is 0.178. The monoisotopic (exact) mass is 546 g/mol. The molecule has 0 fully saturated rings. The fourth-order valence-corrected chi connectivity index (χ4v) is 5.77. The van der Waals surface area contributed by atoms with Gasteiger partial charge in [-0.2, -0.15) is 9.40 Å². The predicted molar refractivity (Wildman–Crippen MR) is 158 cm³/mol. The van der Waals surface area contributed by atoms with E-state index in [1.165, 1.54) is 4.31 Å². The van der Waals surface area contributed by atoms with Gasteiger partial charge in [0.15, 0.2) is 0 Å². The predicted octanol–water partition coefficient (Wildman–Crippen LogP) is 6.31. The summed E-state index contributed by atoms with van der Waals surface area (Å²) >= 11 is 0. The molecule has 0 aliphatic carbocycles. The molecule has 0 aliphatic heterocycles. The summed E-state index contributed by atoms with van der Waals surface area (Å²) in [7, 11) is -3.91. The quantitative estimate of drug-likeness (QED) is 0.267. The molecule has 39 heavy (non-hydrogen) atoms. The van der Waals surface area contributed by atoms with Crippen LogP contribution in [0.1, 0.15) is 52.3 Å². The Labute approximate surface area is 231 Å². The third-order valence-electron chi connectivity index (χ3n) is 6.72. The molecule has 0 bridgehead atoms. The van der Waals surface area contributed by atoms with Crippen molar-refractivity contribution in [2.24, 2.45) is 5.92 Å². The Morgan fingerprint density at radius 3 is 2.31 bits per heavy atom. The summed E-state index contributed by atoms with van der Waals surface area (Å²) in [5.74, 6) is 0.364. The van der Waals surface area contributed by atoms with Crippen molar-refractivity contribution >= 4 is 32.5 Å². The maximum atomic E-state index is 13.8. The van der Waals surface area contributed by atoms with Crippen LogP contribution in [0.3, 0.4) is 0 Å². The topological polar surface area (TPSA) is 84.3 Å². The van der Waals surface area contributed by atoms with Gasteiger partial charge in [-0.3, -0.25) is 4.79 Å². The van der Waals surface area contributed by atoms with Gasteiger partial charge in [-0.25, -0.2) is 13.1 Å². The number of benzene rings is 3. The summed E-state index contributed by atoms with van der Waals surface area (Å²) in [5.41, 5.74) is 2.44. The molecule has 8 heteroatoms. The Balaban J connectivity index is 1.65. The first-order chi connectivity index (χ1) is 18.4. The molecule has 1 aromatic heterocycles. The van der Waals surface area contributed by atoms with Crippen LogP contribution in [0.5, 0.6) is 0 Å². The maximum Gasteiger partial charge on any atom is 0.243 e. The number of carbonyl (C=O) groups excluding carboxylic acids is 1. The average Bonchev–Trinajstić information content (AvgIpc) is 3.30. The fraction of sp³-hybridized carbons (Fsp3) is 0.355. The Morgan fingerprint density at radius 1 is 0.974 bits per heavy atom. The molecule has 1 heterocycles. The van der Waals surface area contributed by atoms with E-state index in [0.29, 0.717) is 12.2 Å². The van der Waals surface area contributed by atoms with E-state index in [9.17, 15) is 13.2 Å². The van der Waals surface area contributed by atoms with Gasteiger partial charge in [0.1, 0.15) is 5.82 Å². The lowest BCUT2D eigenvalue weighted by molar-refractivity contribution is -0.116. The van der Waals surface area contributed by atoms with Crippen molar-refractivity contribution in [1.29, 1.82) is 0 Å². The highest BCUT2D eigenvalue weighted by Gasteiger charge is 2.28. The molecule has 0 saturated carbocycles. The van der Waals surface area contributed by atoms with E-state index >= 15 is 0 Å². The molecule has 4 aromatic rings. The van der Waals surface area contributed by atoms with Gasteiger partial charge in [-0.15, -0.1) is 0 Å². The standard InChI is InChI=1S/C31H38N4O3S/c1-22(2)17-18-34(39(37,38)26-16-15-24-12-8-9-13-25(24)19-26)21-30(36)32-29-20-28(31(4,5)6)33-35(29)27-14-10-7-11-23(27)3/h7-16,19-20,22H,17-18,21H2,1-6H3,(H,32,36). The first-order valence-electron chi connectivity index (χ1n) is 13.3. The number of para-hydroxylation sites is 1.